The van der Waals surface area contributed by atoms with Gasteiger partial charge < -0.3 is 14.7 Å². The fourth-order valence-corrected chi connectivity index (χ4v) is 3.30. The van der Waals surface area contributed by atoms with Crippen LogP contribution in [0.2, 0.25) is 0 Å². The third kappa shape index (κ3) is 2.53. The third-order valence-corrected chi connectivity index (χ3v) is 4.69. The number of aliphatic hydroxyl groups is 1. The Morgan fingerprint density at radius 3 is 2.95 bits per heavy atom. The molecular weight excluding hydrogens is 284 g/mol. The number of piperazine rings is 1. The van der Waals surface area contributed by atoms with Crippen LogP contribution < -0.4 is 0 Å². The van der Waals surface area contributed by atoms with E-state index in [1.807, 2.05) is 18.7 Å². The molecule has 3 heterocycles. The molecular formula is C15H24N4O3. The van der Waals surface area contributed by atoms with Gasteiger partial charge in [-0.25, -0.2) is 0 Å². The zero-order valence-corrected chi connectivity index (χ0v) is 13.4. The summed E-state index contributed by atoms with van der Waals surface area (Å²) in [6.45, 7) is 9.36. The molecule has 22 heavy (non-hydrogen) atoms. The first-order valence-corrected chi connectivity index (χ1v) is 7.80. The Morgan fingerprint density at radius 1 is 1.50 bits per heavy atom. The van der Waals surface area contributed by atoms with Gasteiger partial charge in [-0.05, 0) is 20.8 Å². The number of ether oxygens (including phenoxy) is 1. The van der Waals surface area contributed by atoms with Crippen LogP contribution in [0.15, 0.2) is 0 Å². The van der Waals surface area contributed by atoms with Crippen molar-refractivity contribution in [2.24, 2.45) is 0 Å². The Hall–Kier alpha value is -1.44. The van der Waals surface area contributed by atoms with E-state index in [1.165, 1.54) is 0 Å². The number of rotatable bonds is 3. The highest BCUT2D eigenvalue weighted by Crippen LogP contribution is 2.36. The quantitative estimate of drug-likeness (QED) is 0.840. The van der Waals surface area contributed by atoms with Crippen molar-refractivity contribution in [3.63, 3.8) is 0 Å². The summed E-state index contributed by atoms with van der Waals surface area (Å²) >= 11 is 0. The summed E-state index contributed by atoms with van der Waals surface area (Å²) in [5, 5.41) is 16.3. The molecule has 3 rings (SSSR count). The Kier molecular flexibility index (Phi) is 3.96. The van der Waals surface area contributed by atoms with E-state index in [0.29, 0.717) is 31.9 Å². The topological polar surface area (TPSA) is 81.7 Å². The van der Waals surface area contributed by atoms with Gasteiger partial charge in [0.25, 0.3) is 5.91 Å². The van der Waals surface area contributed by atoms with Gasteiger partial charge in [0.1, 0.15) is 5.60 Å². The van der Waals surface area contributed by atoms with Gasteiger partial charge in [0.15, 0.2) is 5.69 Å². The van der Waals surface area contributed by atoms with E-state index in [1.54, 1.807) is 0 Å². The summed E-state index contributed by atoms with van der Waals surface area (Å²) < 4.78 is 5.72. The number of hydrogen-bond donors (Lipinski definition) is 2. The highest BCUT2D eigenvalue weighted by molar-refractivity contribution is 5.94. The number of amides is 1. The number of nitrogens with zero attached hydrogens (tertiary/aromatic N) is 3. The number of H-pyrrole nitrogens is 1. The lowest BCUT2D eigenvalue weighted by molar-refractivity contribution is -0.0116. The second kappa shape index (κ2) is 5.64. The van der Waals surface area contributed by atoms with Gasteiger partial charge in [0.05, 0.1) is 18.9 Å². The predicted octanol–water partition coefficient (Wildman–Crippen LogP) is 0.314. The Balaban J connectivity index is 1.74. The zero-order valence-electron chi connectivity index (χ0n) is 13.4. The molecule has 1 aromatic heterocycles. The van der Waals surface area contributed by atoms with Crippen LogP contribution in [0, 0.1) is 0 Å². The van der Waals surface area contributed by atoms with E-state index in [0.717, 1.165) is 17.8 Å². The first-order chi connectivity index (χ1) is 10.4. The summed E-state index contributed by atoms with van der Waals surface area (Å²) in [5.41, 5.74) is 1.88. The molecule has 2 N–H and O–H groups in total. The van der Waals surface area contributed by atoms with Crippen LogP contribution in [0.25, 0.3) is 0 Å². The molecule has 7 heteroatoms. The van der Waals surface area contributed by atoms with Crippen LogP contribution in [0.5, 0.6) is 0 Å². The minimum atomic E-state index is -0.409. The predicted molar refractivity (Wildman–Crippen MR) is 80.4 cm³/mol. The van der Waals surface area contributed by atoms with Crippen LogP contribution in [0.1, 0.15) is 42.5 Å². The molecule has 1 aromatic rings. The minimum absolute atomic E-state index is 0.0331. The van der Waals surface area contributed by atoms with Crippen LogP contribution >= 0.6 is 0 Å². The average molecular weight is 308 g/mol. The van der Waals surface area contributed by atoms with Gasteiger partial charge in [-0.15, -0.1) is 0 Å². The molecule has 2 aliphatic rings. The van der Waals surface area contributed by atoms with Crippen molar-refractivity contribution >= 4 is 5.91 Å². The van der Waals surface area contributed by atoms with E-state index >= 15 is 0 Å². The zero-order chi connectivity index (χ0) is 15.9. The van der Waals surface area contributed by atoms with Gasteiger partial charge in [0, 0.05) is 37.8 Å². The number of hydrogen-bond acceptors (Lipinski definition) is 5. The molecule has 2 aliphatic heterocycles. The minimum Gasteiger partial charge on any atom is -0.395 e. The monoisotopic (exact) mass is 308 g/mol. The van der Waals surface area contributed by atoms with Crippen LogP contribution in [0.3, 0.4) is 0 Å². The second-order valence-electron chi connectivity index (χ2n) is 6.58. The smallest absolute Gasteiger partial charge is 0.274 e. The maximum atomic E-state index is 12.8. The molecule has 1 fully saturated rings. The lowest BCUT2D eigenvalue weighted by atomic mass is 10.0. The van der Waals surface area contributed by atoms with Crippen LogP contribution in [-0.4, -0.2) is 69.8 Å². The van der Waals surface area contributed by atoms with Crippen molar-refractivity contribution in [2.75, 3.05) is 32.8 Å². The summed E-state index contributed by atoms with van der Waals surface area (Å²) in [6, 6.07) is 0.240. The highest BCUT2D eigenvalue weighted by Gasteiger charge is 2.38. The fraction of sp³-hybridized carbons (Fsp3) is 0.733. The van der Waals surface area contributed by atoms with Gasteiger partial charge in [-0.2, -0.15) is 5.10 Å². The molecule has 7 nitrogen and oxygen atoms in total. The molecule has 0 spiro atoms. The summed E-state index contributed by atoms with van der Waals surface area (Å²) in [7, 11) is 0. The number of aromatic nitrogens is 2. The van der Waals surface area contributed by atoms with Crippen LogP contribution in [0.4, 0.5) is 0 Å². The summed E-state index contributed by atoms with van der Waals surface area (Å²) in [6.07, 6.45) is 0. The van der Waals surface area contributed by atoms with Gasteiger partial charge in [0.2, 0.25) is 0 Å². The maximum Gasteiger partial charge on any atom is 0.274 e. The molecule has 0 saturated carbocycles. The molecule has 0 aromatic carbocycles. The molecule has 0 radical (unpaired) electrons. The standard InChI is InChI=1S/C15H24N4O3/c1-10-8-19(5-4-18(10)6-7-20)14(21)12-11-9-22-15(2,3)13(11)17-16-12/h10,20H,4-9H2,1-3H3,(H,16,17). The number of aromatic amines is 1. The van der Waals surface area contributed by atoms with Crippen molar-refractivity contribution in [3.05, 3.63) is 17.0 Å². The SMILES string of the molecule is CC1CN(C(=O)c2n[nH]c3c2COC3(C)C)CCN1CCO. The molecule has 1 atom stereocenters. The number of carbonyl (C=O) groups is 1. The van der Waals surface area contributed by atoms with E-state index < -0.39 is 5.60 Å². The Bertz CT molecular complexity index is 569. The number of aliphatic hydroxyl groups excluding tert-OH is 1. The Labute approximate surface area is 130 Å². The first-order valence-electron chi connectivity index (χ1n) is 7.80. The van der Waals surface area contributed by atoms with Crippen molar-refractivity contribution in [2.45, 2.75) is 39.0 Å². The summed E-state index contributed by atoms with van der Waals surface area (Å²) in [4.78, 5) is 16.8. The maximum absolute atomic E-state index is 12.8. The van der Waals surface area contributed by atoms with E-state index in [2.05, 4.69) is 22.0 Å². The molecule has 0 aliphatic carbocycles. The van der Waals surface area contributed by atoms with E-state index in [-0.39, 0.29) is 18.6 Å². The van der Waals surface area contributed by atoms with Gasteiger partial charge >= 0.3 is 0 Å². The lowest BCUT2D eigenvalue weighted by Crippen LogP contribution is -2.54. The molecule has 1 saturated heterocycles. The molecule has 1 amide bonds. The number of carbonyl (C=O) groups excluding carboxylic acids is 1. The third-order valence-electron chi connectivity index (χ3n) is 4.69. The lowest BCUT2D eigenvalue weighted by Gasteiger charge is -2.39. The highest BCUT2D eigenvalue weighted by atomic mass is 16.5. The average Bonchev–Trinajstić information content (AvgIpc) is 3.02. The van der Waals surface area contributed by atoms with Gasteiger partial charge in [-0.1, -0.05) is 0 Å². The second-order valence-corrected chi connectivity index (χ2v) is 6.58. The van der Waals surface area contributed by atoms with Crippen molar-refractivity contribution in [1.29, 1.82) is 0 Å². The van der Waals surface area contributed by atoms with Gasteiger partial charge in [-0.3, -0.25) is 14.8 Å². The Morgan fingerprint density at radius 2 is 2.27 bits per heavy atom. The normalized spacial score (nSPS) is 24.5. The van der Waals surface area contributed by atoms with Crippen LogP contribution in [-0.2, 0) is 16.9 Å². The fourth-order valence-electron chi connectivity index (χ4n) is 3.30. The number of nitrogens with one attached hydrogen (secondary N) is 1. The molecule has 0 bridgehead atoms. The summed E-state index contributed by atoms with van der Waals surface area (Å²) in [5.74, 6) is -0.0331. The number of β-amino-alcohol motifs (C(OH)–C–C–N with tert-alkyl or cyclic N) is 1. The largest absolute Gasteiger partial charge is 0.395 e. The van der Waals surface area contributed by atoms with Crippen molar-refractivity contribution in [1.82, 2.24) is 20.0 Å². The molecule has 1 unspecified atom stereocenters. The number of fused-ring (bicyclic) bond motifs is 1. The van der Waals surface area contributed by atoms with Crippen molar-refractivity contribution in [3.8, 4) is 0 Å². The van der Waals surface area contributed by atoms with E-state index in [4.69, 9.17) is 9.84 Å². The first kappa shape index (κ1) is 15.5. The van der Waals surface area contributed by atoms with E-state index in [9.17, 15) is 4.79 Å². The van der Waals surface area contributed by atoms with Crippen molar-refractivity contribution < 1.29 is 14.6 Å². The molecule has 122 valence electrons.